The molecule has 0 spiro atoms. The molecule has 0 N–H and O–H groups in total. The molecule has 216 valence electrons. The first-order valence-corrected chi connectivity index (χ1v) is 14.7. The molecule has 3 aromatic rings. The molecule has 0 radical (unpaired) electrons. The number of rotatable bonds is 11. The van der Waals surface area contributed by atoms with E-state index in [0.29, 0.717) is 50.2 Å². The maximum atomic E-state index is 13.8. The second-order valence-corrected chi connectivity index (χ2v) is 11.8. The lowest BCUT2D eigenvalue weighted by molar-refractivity contribution is -0.140. The van der Waals surface area contributed by atoms with Crippen molar-refractivity contribution in [2.24, 2.45) is 16.8 Å². The average Bonchev–Trinajstić information content (AvgIpc) is 3.25. The van der Waals surface area contributed by atoms with Crippen LogP contribution in [0.4, 0.5) is 0 Å². The molecule has 2 aromatic carbocycles. The van der Waals surface area contributed by atoms with E-state index in [9.17, 15) is 9.59 Å². The van der Waals surface area contributed by atoms with Crippen molar-refractivity contribution in [3.63, 3.8) is 0 Å². The van der Waals surface area contributed by atoms with Gasteiger partial charge in [0.25, 0.3) is 5.56 Å². The summed E-state index contributed by atoms with van der Waals surface area (Å²) in [5.74, 6) is 1.33. The van der Waals surface area contributed by atoms with Crippen molar-refractivity contribution in [1.29, 1.82) is 0 Å². The molecule has 0 bridgehead atoms. The van der Waals surface area contributed by atoms with Gasteiger partial charge in [-0.25, -0.2) is 9.79 Å². The van der Waals surface area contributed by atoms with Gasteiger partial charge in [-0.2, -0.15) is 0 Å². The molecule has 0 saturated heterocycles. The molecular formula is C33H38N2O5S. The van der Waals surface area contributed by atoms with E-state index in [0.717, 1.165) is 12.0 Å². The zero-order valence-corrected chi connectivity index (χ0v) is 25.4. The average molecular weight is 575 g/mol. The van der Waals surface area contributed by atoms with Crippen LogP contribution in [0.5, 0.6) is 11.5 Å². The molecule has 1 aromatic heterocycles. The highest BCUT2D eigenvalue weighted by Crippen LogP contribution is 2.36. The molecule has 0 fully saturated rings. The third kappa shape index (κ3) is 7.24. The highest BCUT2D eigenvalue weighted by atomic mass is 32.1. The minimum Gasteiger partial charge on any atom is -0.493 e. The Morgan fingerprint density at radius 1 is 1.07 bits per heavy atom. The summed E-state index contributed by atoms with van der Waals surface area (Å²) in [7, 11) is 1.58. The summed E-state index contributed by atoms with van der Waals surface area (Å²) in [6, 6.07) is 14.7. The summed E-state index contributed by atoms with van der Waals surface area (Å²) in [6.07, 6.45) is 6.50. The second-order valence-electron chi connectivity index (χ2n) is 10.8. The smallest absolute Gasteiger partial charge is 0.338 e. The Hall–Kier alpha value is -3.91. The third-order valence-corrected chi connectivity index (χ3v) is 7.58. The molecule has 8 heteroatoms. The zero-order valence-electron chi connectivity index (χ0n) is 24.5. The Morgan fingerprint density at radius 2 is 1.83 bits per heavy atom. The SMILES string of the molecule is COc1cc(C2C(C(=O)OCC(C)C)=C(C)N=c3s/c(=C\C=C\c4ccccc4)c(=O)n32)ccc1OCCC(C)C. The van der Waals surface area contributed by atoms with Gasteiger partial charge in [0.1, 0.15) is 0 Å². The van der Waals surface area contributed by atoms with Crippen LogP contribution in [0.25, 0.3) is 12.2 Å². The van der Waals surface area contributed by atoms with Gasteiger partial charge in [-0.3, -0.25) is 9.36 Å². The van der Waals surface area contributed by atoms with E-state index in [-0.39, 0.29) is 18.1 Å². The summed E-state index contributed by atoms with van der Waals surface area (Å²) < 4.78 is 19.4. The Morgan fingerprint density at radius 3 is 2.51 bits per heavy atom. The third-order valence-electron chi connectivity index (χ3n) is 6.58. The number of hydrogen-bond donors (Lipinski definition) is 0. The topological polar surface area (TPSA) is 79.1 Å². The molecular weight excluding hydrogens is 536 g/mol. The summed E-state index contributed by atoms with van der Waals surface area (Å²) >= 11 is 1.29. The first-order valence-electron chi connectivity index (χ1n) is 13.9. The molecule has 7 nitrogen and oxygen atoms in total. The quantitative estimate of drug-likeness (QED) is 0.281. The largest absolute Gasteiger partial charge is 0.493 e. The van der Waals surface area contributed by atoms with Crippen molar-refractivity contribution in [1.82, 2.24) is 4.57 Å². The molecule has 41 heavy (non-hydrogen) atoms. The van der Waals surface area contributed by atoms with E-state index < -0.39 is 12.0 Å². The fraction of sp³-hybridized carbons (Fsp3) is 0.364. The molecule has 4 rings (SSSR count). The fourth-order valence-electron chi connectivity index (χ4n) is 4.42. The number of hydrogen-bond acceptors (Lipinski definition) is 7. The fourth-order valence-corrected chi connectivity index (χ4v) is 5.42. The van der Waals surface area contributed by atoms with Crippen LogP contribution >= 0.6 is 11.3 Å². The van der Waals surface area contributed by atoms with E-state index in [4.69, 9.17) is 14.2 Å². The van der Waals surface area contributed by atoms with Gasteiger partial charge in [0.15, 0.2) is 16.3 Å². The van der Waals surface area contributed by atoms with Crippen molar-refractivity contribution in [3.8, 4) is 11.5 Å². The van der Waals surface area contributed by atoms with Gasteiger partial charge >= 0.3 is 5.97 Å². The van der Waals surface area contributed by atoms with Crippen LogP contribution in [0.3, 0.4) is 0 Å². The molecule has 0 amide bonds. The first-order chi connectivity index (χ1) is 19.7. The van der Waals surface area contributed by atoms with E-state index in [1.54, 1.807) is 24.7 Å². The number of esters is 1. The van der Waals surface area contributed by atoms with Crippen LogP contribution in [0.15, 0.2) is 75.7 Å². The number of benzene rings is 2. The monoisotopic (exact) mass is 574 g/mol. The number of nitrogens with zero attached hydrogens (tertiary/aromatic N) is 2. The van der Waals surface area contributed by atoms with Gasteiger partial charge in [-0.15, -0.1) is 0 Å². The van der Waals surface area contributed by atoms with E-state index >= 15 is 0 Å². The Kier molecular flexibility index (Phi) is 10.00. The predicted octanol–water partition coefficient (Wildman–Crippen LogP) is 5.53. The van der Waals surface area contributed by atoms with Crippen LogP contribution < -0.4 is 24.4 Å². The highest BCUT2D eigenvalue weighted by Gasteiger charge is 2.34. The zero-order chi connectivity index (χ0) is 29.5. The molecule has 0 aliphatic carbocycles. The van der Waals surface area contributed by atoms with Crippen LogP contribution in [-0.2, 0) is 9.53 Å². The van der Waals surface area contributed by atoms with Gasteiger partial charge in [0.05, 0.1) is 42.2 Å². The lowest BCUT2D eigenvalue weighted by Gasteiger charge is -2.25. The number of allylic oxidation sites excluding steroid dienone is 2. The Labute approximate surface area is 245 Å². The maximum absolute atomic E-state index is 13.8. The number of aromatic nitrogens is 1. The lowest BCUT2D eigenvalue weighted by atomic mass is 9.95. The minimum absolute atomic E-state index is 0.165. The van der Waals surface area contributed by atoms with Gasteiger partial charge in [0.2, 0.25) is 0 Å². The van der Waals surface area contributed by atoms with E-state index in [1.807, 2.05) is 74.5 Å². The van der Waals surface area contributed by atoms with Gasteiger partial charge in [0, 0.05) is 0 Å². The maximum Gasteiger partial charge on any atom is 0.338 e. The van der Waals surface area contributed by atoms with Gasteiger partial charge in [-0.05, 0) is 54.5 Å². The Balaban J connectivity index is 1.80. The summed E-state index contributed by atoms with van der Waals surface area (Å²) in [5.41, 5.74) is 2.36. The normalized spacial score (nSPS) is 15.4. The number of thiazole rings is 1. The molecule has 0 saturated carbocycles. The molecule has 1 atom stereocenters. The van der Waals surface area contributed by atoms with Gasteiger partial charge < -0.3 is 14.2 Å². The van der Waals surface area contributed by atoms with Crippen molar-refractivity contribution in [3.05, 3.63) is 96.7 Å². The predicted molar refractivity (Wildman–Crippen MR) is 164 cm³/mol. The van der Waals surface area contributed by atoms with Crippen molar-refractivity contribution < 1.29 is 19.0 Å². The van der Waals surface area contributed by atoms with E-state index in [2.05, 4.69) is 18.8 Å². The van der Waals surface area contributed by atoms with Crippen molar-refractivity contribution >= 4 is 29.5 Å². The van der Waals surface area contributed by atoms with E-state index in [1.165, 1.54) is 11.3 Å². The number of methoxy groups -OCH3 is 1. The lowest BCUT2D eigenvalue weighted by Crippen LogP contribution is -2.40. The second kappa shape index (κ2) is 13.6. The molecule has 2 heterocycles. The first kappa shape index (κ1) is 30.1. The number of carbonyl (C=O) groups excluding carboxylic acids is 1. The van der Waals surface area contributed by atoms with Crippen LogP contribution in [0.1, 0.15) is 58.2 Å². The standard InChI is InChI=1S/C33H38N2O5S/c1-21(2)17-18-39-26-16-15-25(19-27(26)38-6)30-29(32(37)40-20-22(3)4)23(5)34-33-35(30)31(36)28(41-33)14-10-13-24-11-8-7-9-12-24/h7-16,19,21-22,30H,17-18,20H2,1-6H3/b13-10+,28-14-. The highest BCUT2D eigenvalue weighted by molar-refractivity contribution is 7.07. The number of carbonyl (C=O) groups is 1. The Bertz CT molecular complexity index is 1610. The summed E-state index contributed by atoms with van der Waals surface area (Å²) in [5, 5.41) is 0. The van der Waals surface area contributed by atoms with Crippen molar-refractivity contribution in [2.75, 3.05) is 20.3 Å². The summed E-state index contributed by atoms with van der Waals surface area (Å²) in [4.78, 5) is 32.5. The van der Waals surface area contributed by atoms with Crippen LogP contribution in [0, 0.1) is 11.8 Å². The number of fused-ring (bicyclic) bond motifs is 1. The molecule has 1 aliphatic heterocycles. The van der Waals surface area contributed by atoms with Crippen molar-refractivity contribution in [2.45, 2.75) is 47.1 Å². The molecule has 1 aliphatic rings. The summed E-state index contributed by atoms with van der Waals surface area (Å²) in [6.45, 7) is 10.9. The molecule has 1 unspecified atom stereocenters. The number of ether oxygens (including phenoxy) is 3. The van der Waals surface area contributed by atoms with Gasteiger partial charge in [-0.1, -0.05) is 87.6 Å². The van der Waals surface area contributed by atoms with Crippen LogP contribution in [-0.4, -0.2) is 30.9 Å². The van der Waals surface area contributed by atoms with Crippen LogP contribution in [0.2, 0.25) is 0 Å². The minimum atomic E-state index is -0.732.